The van der Waals surface area contributed by atoms with Crippen molar-refractivity contribution in [2.45, 2.75) is 58.0 Å². The van der Waals surface area contributed by atoms with Gasteiger partial charge in [0.15, 0.2) is 0 Å². The Hall–Kier alpha value is -0.120. The molecule has 1 unspecified atom stereocenters. The normalized spacial score (nSPS) is 27.7. The zero-order chi connectivity index (χ0) is 12.9. The summed E-state index contributed by atoms with van der Waals surface area (Å²) < 4.78 is 0. The molecule has 1 heterocycles. The Balaban J connectivity index is 2.67. The molecule has 0 amide bonds. The summed E-state index contributed by atoms with van der Waals surface area (Å²) in [5.74, 6) is 0. The molecule has 1 fully saturated rings. The fraction of sp³-hybridized carbons (Fsp3) is 1.00. The standard InChI is InChI=1S/C14H31N3/c1-5-9-17-10-6-7-14(12-15,8-11-17)16(4)13(2)3/h13H,5-12,15H2,1-4H3. The van der Waals surface area contributed by atoms with Crippen molar-refractivity contribution in [1.29, 1.82) is 0 Å². The molecule has 0 radical (unpaired) electrons. The van der Waals surface area contributed by atoms with Gasteiger partial charge < -0.3 is 10.6 Å². The number of nitrogens with two attached hydrogens (primary N) is 1. The van der Waals surface area contributed by atoms with Crippen LogP contribution in [0.2, 0.25) is 0 Å². The molecule has 102 valence electrons. The highest BCUT2D eigenvalue weighted by molar-refractivity contribution is 4.94. The maximum atomic E-state index is 6.11. The fourth-order valence-electron chi connectivity index (χ4n) is 3.02. The molecule has 2 N–H and O–H groups in total. The van der Waals surface area contributed by atoms with Crippen molar-refractivity contribution in [1.82, 2.24) is 9.80 Å². The highest BCUT2D eigenvalue weighted by Crippen LogP contribution is 2.28. The first kappa shape index (κ1) is 14.9. The third kappa shape index (κ3) is 3.67. The van der Waals surface area contributed by atoms with Crippen molar-refractivity contribution in [3.63, 3.8) is 0 Å². The summed E-state index contributed by atoms with van der Waals surface area (Å²) in [6, 6.07) is 0.580. The van der Waals surface area contributed by atoms with Gasteiger partial charge in [0.05, 0.1) is 0 Å². The molecule has 0 aliphatic carbocycles. The second kappa shape index (κ2) is 6.72. The van der Waals surface area contributed by atoms with Crippen molar-refractivity contribution in [2.24, 2.45) is 5.73 Å². The van der Waals surface area contributed by atoms with Crippen molar-refractivity contribution in [3.05, 3.63) is 0 Å². The predicted molar refractivity (Wildman–Crippen MR) is 75.3 cm³/mol. The first-order valence-corrected chi connectivity index (χ1v) is 7.21. The summed E-state index contributed by atoms with van der Waals surface area (Å²) in [7, 11) is 2.24. The molecule has 3 heteroatoms. The summed E-state index contributed by atoms with van der Waals surface area (Å²) >= 11 is 0. The average molecular weight is 241 g/mol. The maximum absolute atomic E-state index is 6.11. The first-order chi connectivity index (χ1) is 8.05. The van der Waals surface area contributed by atoms with Gasteiger partial charge in [-0.05, 0) is 66.2 Å². The lowest BCUT2D eigenvalue weighted by Crippen LogP contribution is -2.55. The Bertz CT molecular complexity index is 218. The molecular formula is C14H31N3. The molecule has 0 aromatic heterocycles. The van der Waals surface area contributed by atoms with E-state index in [2.05, 4.69) is 37.6 Å². The van der Waals surface area contributed by atoms with Crippen molar-refractivity contribution < 1.29 is 0 Å². The minimum absolute atomic E-state index is 0.233. The van der Waals surface area contributed by atoms with E-state index in [4.69, 9.17) is 5.73 Å². The number of hydrogen-bond acceptors (Lipinski definition) is 3. The van der Waals surface area contributed by atoms with Gasteiger partial charge in [-0.3, -0.25) is 4.90 Å². The predicted octanol–water partition coefficient (Wildman–Crippen LogP) is 1.92. The highest BCUT2D eigenvalue weighted by atomic mass is 15.2. The summed E-state index contributed by atoms with van der Waals surface area (Å²) in [5, 5.41) is 0. The molecule has 0 aromatic rings. The molecule has 0 bridgehead atoms. The van der Waals surface area contributed by atoms with Crippen molar-refractivity contribution >= 4 is 0 Å². The van der Waals surface area contributed by atoms with E-state index in [1.807, 2.05) is 0 Å². The summed E-state index contributed by atoms with van der Waals surface area (Å²) in [4.78, 5) is 5.11. The van der Waals surface area contributed by atoms with Gasteiger partial charge in [0.25, 0.3) is 0 Å². The van der Waals surface area contributed by atoms with Crippen LogP contribution in [0.25, 0.3) is 0 Å². The number of nitrogens with zero attached hydrogens (tertiary/aromatic N) is 2. The zero-order valence-corrected chi connectivity index (χ0v) is 12.2. The third-order valence-corrected chi connectivity index (χ3v) is 4.45. The van der Waals surface area contributed by atoms with Crippen LogP contribution in [0.3, 0.4) is 0 Å². The fourth-order valence-corrected chi connectivity index (χ4v) is 3.02. The molecule has 1 saturated heterocycles. The van der Waals surface area contributed by atoms with Gasteiger partial charge in [-0.25, -0.2) is 0 Å². The van der Waals surface area contributed by atoms with E-state index in [-0.39, 0.29) is 5.54 Å². The van der Waals surface area contributed by atoms with Crippen LogP contribution >= 0.6 is 0 Å². The second-order valence-corrected chi connectivity index (χ2v) is 5.83. The van der Waals surface area contributed by atoms with Crippen LogP contribution in [-0.2, 0) is 0 Å². The second-order valence-electron chi connectivity index (χ2n) is 5.83. The van der Waals surface area contributed by atoms with E-state index in [1.165, 1.54) is 45.3 Å². The Morgan fingerprint density at radius 1 is 1.29 bits per heavy atom. The van der Waals surface area contributed by atoms with E-state index in [0.29, 0.717) is 6.04 Å². The van der Waals surface area contributed by atoms with E-state index in [9.17, 15) is 0 Å². The van der Waals surface area contributed by atoms with Gasteiger partial charge in [0, 0.05) is 18.1 Å². The van der Waals surface area contributed by atoms with Crippen molar-refractivity contribution in [2.75, 3.05) is 33.2 Å². The van der Waals surface area contributed by atoms with Gasteiger partial charge in [-0.15, -0.1) is 0 Å². The lowest BCUT2D eigenvalue weighted by molar-refractivity contribution is 0.0766. The minimum atomic E-state index is 0.233. The molecule has 0 aromatic carbocycles. The molecular weight excluding hydrogens is 210 g/mol. The Labute approximate surface area is 107 Å². The Morgan fingerprint density at radius 3 is 2.53 bits per heavy atom. The zero-order valence-electron chi connectivity index (χ0n) is 12.2. The monoisotopic (exact) mass is 241 g/mol. The number of rotatable bonds is 5. The number of likely N-dealkylation sites (N-methyl/N-ethyl adjacent to an activating group) is 1. The smallest absolute Gasteiger partial charge is 0.0344 e. The van der Waals surface area contributed by atoms with Crippen LogP contribution in [0.5, 0.6) is 0 Å². The quantitative estimate of drug-likeness (QED) is 0.798. The van der Waals surface area contributed by atoms with E-state index in [1.54, 1.807) is 0 Å². The van der Waals surface area contributed by atoms with E-state index < -0.39 is 0 Å². The number of likely N-dealkylation sites (tertiary alicyclic amines) is 1. The van der Waals surface area contributed by atoms with Gasteiger partial charge in [-0.2, -0.15) is 0 Å². The van der Waals surface area contributed by atoms with Gasteiger partial charge in [0.1, 0.15) is 0 Å². The largest absolute Gasteiger partial charge is 0.329 e. The molecule has 1 aliphatic heterocycles. The van der Waals surface area contributed by atoms with Gasteiger partial charge >= 0.3 is 0 Å². The van der Waals surface area contributed by atoms with E-state index in [0.717, 1.165) is 6.54 Å². The van der Waals surface area contributed by atoms with Crippen LogP contribution in [0, 0.1) is 0 Å². The highest BCUT2D eigenvalue weighted by Gasteiger charge is 2.35. The van der Waals surface area contributed by atoms with Crippen LogP contribution in [0.4, 0.5) is 0 Å². The van der Waals surface area contributed by atoms with E-state index >= 15 is 0 Å². The summed E-state index contributed by atoms with van der Waals surface area (Å²) in [6.45, 7) is 11.3. The van der Waals surface area contributed by atoms with Gasteiger partial charge in [0.2, 0.25) is 0 Å². The molecule has 1 rings (SSSR count). The molecule has 0 saturated carbocycles. The lowest BCUT2D eigenvalue weighted by atomic mass is 9.88. The molecule has 3 nitrogen and oxygen atoms in total. The topological polar surface area (TPSA) is 32.5 Å². The molecule has 0 spiro atoms. The summed E-state index contributed by atoms with van der Waals surface area (Å²) in [6.07, 6.45) is 5.01. The van der Waals surface area contributed by atoms with Crippen LogP contribution in [-0.4, -0.2) is 54.6 Å². The number of hydrogen-bond donors (Lipinski definition) is 1. The molecule has 1 aliphatic rings. The van der Waals surface area contributed by atoms with Crippen LogP contribution < -0.4 is 5.73 Å². The minimum Gasteiger partial charge on any atom is -0.329 e. The third-order valence-electron chi connectivity index (χ3n) is 4.45. The Kier molecular flexibility index (Phi) is 5.90. The molecule has 17 heavy (non-hydrogen) atoms. The van der Waals surface area contributed by atoms with Gasteiger partial charge in [-0.1, -0.05) is 6.92 Å². The van der Waals surface area contributed by atoms with Crippen LogP contribution in [0.15, 0.2) is 0 Å². The lowest BCUT2D eigenvalue weighted by Gasteiger charge is -2.43. The SMILES string of the molecule is CCCN1CCCC(CN)(N(C)C(C)C)CC1. The summed E-state index contributed by atoms with van der Waals surface area (Å²) in [5.41, 5.74) is 6.34. The first-order valence-electron chi connectivity index (χ1n) is 7.21. The average Bonchev–Trinajstić information content (AvgIpc) is 2.52. The van der Waals surface area contributed by atoms with Crippen molar-refractivity contribution in [3.8, 4) is 0 Å². The Morgan fingerprint density at radius 2 is 2.00 bits per heavy atom. The maximum Gasteiger partial charge on any atom is 0.0344 e. The van der Waals surface area contributed by atoms with Crippen LogP contribution in [0.1, 0.15) is 46.5 Å². The molecule has 1 atom stereocenters.